The Morgan fingerprint density at radius 3 is 2.48 bits per heavy atom. The molecule has 0 radical (unpaired) electrons. The molecule has 0 heterocycles. The van der Waals surface area contributed by atoms with Crippen molar-refractivity contribution in [3.8, 4) is 17.6 Å². The molecule has 0 aliphatic rings. The first-order valence-corrected chi connectivity index (χ1v) is 8.55. The zero-order valence-corrected chi connectivity index (χ0v) is 16.0. The molecule has 1 atom stereocenters. The van der Waals surface area contributed by atoms with Gasteiger partial charge in [-0.25, -0.2) is 0 Å². The van der Waals surface area contributed by atoms with Crippen molar-refractivity contribution in [2.24, 2.45) is 0 Å². The molecule has 138 valence electrons. The van der Waals surface area contributed by atoms with Gasteiger partial charge in [0.15, 0.2) is 5.78 Å². The third-order valence-electron chi connectivity index (χ3n) is 4.57. The van der Waals surface area contributed by atoms with E-state index in [-0.39, 0.29) is 11.5 Å². The van der Waals surface area contributed by atoms with Crippen LogP contribution < -0.4 is 4.74 Å². The number of nitriles is 1. The highest BCUT2D eigenvalue weighted by Crippen LogP contribution is 2.42. The Labute approximate surface area is 160 Å². The molecule has 0 unspecified atom stereocenters. The van der Waals surface area contributed by atoms with Gasteiger partial charge in [-0.3, -0.25) is 4.79 Å². The Bertz CT molecular complexity index is 964. The molecule has 0 saturated carbocycles. The molecule has 0 fully saturated rings. The molecule has 2 aromatic carbocycles. The minimum Gasteiger partial charge on any atom is -0.508 e. The maximum atomic E-state index is 12.6. The van der Waals surface area contributed by atoms with Gasteiger partial charge in [0.25, 0.3) is 0 Å². The van der Waals surface area contributed by atoms with Crippen molar-refractivity contribution in [1.29, 1.82) is 5.26 Å². The Balaban J connectivity index is 2.91. The summed E-state index contributed by atoms with van der Waals surface area (Å²) in [5.41, 5.74) is 3.96. The first-order valence-electron chi connectivity index (χ1n) is 8.55. The number of phenolic OH excluding ortho intramolecular Hbond substituents is 1. The maximum absolute atomic E-state index is 12.6. The summed E-state index contributed by atoms with van der Waals surface area (Å²) in [5.74, 6) is -0.101. The lowest BCUT2D eigenvalue weighted by atomic mass is 9.79. The fourth-order valence-corrected chi connectivity index (χ4v) is 3.22. The predicted molar refractivity (Wildman–Crippen MR) is 106 cm³/mol. The van der Waals surface area contributed by atoms with Crippen molar-refractivity contribution in [1.82, 2.24) is 0 Å². The number of carbonyl (C=O) groups excluding carboxylic acids is 1. The van der Waals surface area contributed by atoms with E-state index in [2.05, 4.69) is 12.6 Å². The molecular weight excluding hydrogens is 338 g/mol. The number of methoxy groups -OCH3 is 1. The number of hydrogen-bond acceptors (Lipinski definition) is 4. The number of carbonyl (C=O) groups is 1. The smallest absolute Gasteiger partial charge is 0.157 e. The molecule has 2 rings (SSSR count). The molecule has 1 N–H and O–H groups in total. The molecule has 27 heavy (non-hydrogen) atoms. The molecule has 0 bridgehead atoms. The zero-order valence-electron chi connectivity index (χ0n) is 16.0. The van der Waals surface area contributed by atoms with E-state index in [0.717, 1.165) is 11.1 Å². The lowest BCUT2D eigenvalue weighted by Crippen LogP contribution is -2.14. The van der Waals surface area contributed by atoms with Gasteiger partial charge in [0.05, 0.1) is 18.7 Å². The van der Waals surface area contributed by atoms with Crippen LogP contribution in [0.2, 0.25) is 0 Å². The van der Waals surface area contributed by atoms with Crippen LogP contribution in [0.4, 0.5) is 0 Å². The molecule has 4 heteroatoms. The SMILES string of the molecule is C=C/C(C)=C(/C(C)=O)[C@@H](c1cc(C)ccc1O)c1ccc(C#N)cc1OC. The second-order valence-electron chi connectivity index (χ2n) is 6.42. The van der Waals surface area contributed by atoms with E-state index in [1.165, 1.54) is 14.0 Å². The number of nitrogens with zero attached hydrogens (tertiary/aromatic N) is 1. The number of Topliss-reactive ketones (excluding diaryl/α,β-unsaturated/α-hetero) is 1. The van der Waals surface area contributed by atoms with Crippen LogP contribution in [0.5, 0.6) is 11.5 Å². The zero-order chi connectivity index (χ0) is 20.1. The largest absolute Gasteiger partial charge is 0.508 e. The van der Waals surface area contributed by atoms with E-state index >= 15 is 0 Å². The summed E-state index contributed by atoms with van der Waals surface area (Å²) in [4.78, 5) is 12.6. The van der Waals surface area contributed by atoms with Crippen LogP contribution in [0.15, 0.2) is 60.2 Å². The van der Waals surface area contributed by atoms with Crippen molar-refractivity contribution in [3.63, 3.8) is 0 Å². The summed E-state index contributed by atoms with van der Waals surface area (Å²) in [7, 11) is 1.52. The normalized spacial score (nSPS) is 12.6. The topological polar surface area (TPSA) is 70.3 Å². The summed E-state index contributed by atoms with van der Waals surface area (Å²) in [5, 5.41) is 19.7. The van der Waals surface area contributed by atoms with E-state index < -0.39 is 5.92 Å². The average molecular weight is 361 g/mol. The van der Waals surface area contributed by atoms with Gasteiger partial charge in [0.1, 0.15) is 11.5 Å². The number of aryl methyl sites for hydroxylation is 1. The highest BCUT2D eigenvalue weighted by Gasteiger charge is 2.29. The van der Waals surface area contributed by atoms with E-state index in [4.69, 9.17) is 4.74 Å². The quantitative estimate of drug-likeness (QED) is 0.592. The molecule has 0 saturated heterocycles. The summed E-state index contributed by atoms with van der Waals surface area (Å²) in [6, 6.07) is 12.5. The van der Waals surface area contributed by atoms with Gasteiger partial charge in [-0.2, -0.15) is 5.26 Å². The fourth-order valence-electron chi connectivity index (χ4n) is 3.22. The monoisotopic (exact) mass is 361 g/mol. The second kappa shape index (κ2) is 8.37. The first-order chi connectivity index (χ1) is 12.8. The molecule has 0 aliphatic heterocycles. The summed E-state index contributed by atoms with van der Waals surface area (Å²) < 4.78 is 5.51. The van der Waals surface area contributed by atoms with Crippen molar-refractivity contribution < 1.29 is 14.6 Å². The van der Waals surface area contributed by atoms with Gasteiger partial charge in [-0.1, -0.05) is 36.4 Å². The number of hydrogen-bond donors (Lipinski definition) is 1. The van der Waals surface area contributed by atoms with Crippen LogP contribution in [0.3, 0.4) is 0 Å². The van der Waals surface area contributed by atoms with E-state index in [1.807, 2.05) is 26.0 Å². The van der Waals surface area contributed by atoms with E-state index in [1.54, 1.807) is 30.3 Å². The fraction of sp³-hybridized carbons (Fsp3) is 0.217. The number of rotatable bonds is 6. The summed E-state index contributed by atoms with van der Waals surface area (Å²) in [6.45, 7) is 9.04. The summed E-state index contributed by atoms with van der Waals surface area (Å²) in [6.07, 6.45) is 1.63. The number of ketones is 1. The molecule has 0 aliphatic carbocycles. The molecule has 0 aromatic heterocycles. The number of phenols is 1. The lowest BCUT2D eigenvalue weighted by molar-refractivity contribution is -0.113. The second-order valence-corrected chi connectivity index (χ2v) is 6.42. The van der Waals surface area contributed by atoms with Crippen LogP contribution in [-0.2, 0) is 4.79 Å². The van der Waals surface area contributed by atoms with Crippen LogP contribution in [0, 0.1) is 18.3 Å². The number of aromatic hydroxyl groups is 1. The van der Waals surface area contributed by atoms with Crippen molar-refractivity contribution in [3.05, 3.63) is 82.5 Å². The number of allylic oxidation sites excluding steroid dienone is 3. The molecule has 4 nitrogen and oxygen atoms in total. The predicted octanol–water partition coefficient (Wildman–Crippen LogP) is 4.80. The van der Waals surface area contributed by atoms with Crippen LogP contribution >= 0.6 is 0 Å². The third-order valence-corrected chi connectivity index (χ3v) is 4.57. The lowest BCUT2D eigenvalue weighted by Gasteiger charge is -2.25. The Kier molecular flexibility index (Phi) is 6.20. The van der Waals surface area contributed by atoms with Crippen molar-refractivity contribution in [2.75, 3.05) is 7.11 Å². The van der Waals surface area contributed by atoms with Gasteiger partial charge in [-0.15, -0.1) is 0 Å². The molecule has 0 amide bonds. The first kappa shape index (κ1) is 20.0. The Morgan fingerprint density at radius 1 is 1.22 bits per heavy atom. The highest BCUT2D eigenvalue weighted by molar-refractivity contribution is 5.97. The number of ether oxygens (including phenoxy) is 1. The Hall–Kier alpha value is -3.32. The van der Waals surface area contributed by atoms with E-state index in [0.29, 0.717) is 28.0 Å². The standard InChI is InChI=1S/C23H23NO3/c1-6-15(3)22(16(4)25)23(19-11-14(2)7-10-20(19)26)18-9-8-17(13-24)12-21(18)27-5/h6-12,23,26H,1H2,2-5H3/b22-15-/t23-/m1/s1. The van der Waals surface area contributed by atoms with Crippen molar-refractivity contribution >= 4 is 5.78 Å². The summed E-state index contributed by atoms with van der Waals surface area (Å²) >= 11 is 0. The van der Waals surface area contributed by atoms with Crippen LogP contribution in [-0.4, -0.2) is 18.0 Å². The van der Waals surface area contributed by atoms with Gasteiger partial charge >= 0.3 is 0 Å². The van der Waals surface area contributed by atoms with Crippen LogP contribution in [0.1, 0.15) is 42.0 Å². The third kappa shape index (κ3) is 4.09. The van der Waals surface area contributed by atoms with Gasteiger partial charge < -0.3 is 9.84 Å². The van der Waals surface area contributed by atoms with Gasteiger partial charge in [0.2, 0.25) is 0 Å². The average Bonchev–Trinajstić information content (AvgIpc) is 2.66. The maximum Gasteiger partial charge on any atom is 0.157 e. The van der Waals surface area contributed by atoms with Crippen molar-refractivity contribution in [2.45, 2.75) is 26.7 Å². The minimum absolute atomic E-state index is 0.0904. The Morgan fingerprint density at radius 2 is 1.93 bits per heavy atom. The molecule has 0 spiro atoms. The number of benzene rings is 2. The molecule has 2 aromatic rings. The van der Waals surface area contributed by atoms with Gasteiger partial charge in [-0.05, 0) is 44.5 Å². The minimum atomic E-state index is -0.553. The van der Waals surface area contributed by atoms with E-state index in [9.17, 15) is 15.2 Å². The molecular formula is C23H23NO3. The van der Waals surface area contributed by atoms with Crippen LogP contribution in [0.25, 0.3) is 0 Å². The highest BCUT2D eigenvalue weighted by atomic mass is 16.5. The van der Waals surface area contributed by atoms with Gasteiger partial charge in [0, 0.05) is 22.6 Å².